The number of carbonyl (C=O) groups excluding carboxylic acids is 1. The molecule has 7 heteroatoms. The molecule has 0 unspecified atom stereocenters. The van der Waals surface area contributed by atoms with Crippen molar-refractivity contribution in [3.05, 3.63) is 10.1 Å². The zero-order valence-corrected chi connectivity index (χ0v) is 11.7. The number of hydrogen-bond donors (Lipinski definition) is 1. The van der Waals surface area contributed by atoms with Gasteiger partial charge in [-0.3, -0.25) is 10.1 Å². The number of carbonyl (C=O) groups is 1. The number of amides is 1. The first-order valence-electron chi connectivity index (χ1n) is 6.47. The van der Waals surface area contributed by atoms with Crippen LogP contribution in [0.25, 0.3) is 0 Å². The molecule has 1 aliphatic rings. The Morgan fingerprint density at radius 2 is 2.00 bits per heavy atom. The molecule has 1 aliphatic heterocycles. The van der Waals surface area contributed by atoms with Gasteiger partial charge >= 0.3 is 6.09 Å². The zero-order valence-electron chi connectivity index (χ0n) is 11.7. The van der Waals surface area contributed by atoms with Crippen LogP contribution < -0.4 is 0 Å². The van der Waals surface area contributed by atoms with E-state index in [1.54, 1.807) is 25.7 Å². The first-order valence-corrected chi connectivity index (χ1v) is 6.47. The van der Waals surface area contributed by atoms with Gasteiger partial charge in [-0.1, -0.05) is 0 Å². The molecule has 7 nitrogen and oxygen atoms in total. The molecule has 1 amide bonds. The number of rotatable bonds is 3. The Hall–Kier alpha value is -1.37. The third-order valence-electron chi connectivity index (χ3n) is 3.07. The van der Waals surface area contributed by atoms with Gasteiger partial charge in [0.1, 0.15) is 11.7 Å². The molecule has 19 heavy (non-hydrogen) atoms. The van der Waals surface area contributed by atoms with Gasteiger partial charge in [0.15, 0.2) is 0 Å². The highest BCUT2D eigenvalue weighted by Gasteiger charge is 2.31. The van der Waals surface area contributed by atoms with Gasteiger partial charge in [0.05, 0.1) is 0 Å². The summed E-state index contributed by atoms with van der Waals surface area (Å²) in [6, 6.07) is 0. The number of nitro groups is 1. The van der Waals surface area contributed by atoms with Gasteiger partial charge < -0.3 is 14.7 Å². The van der Waals surface area contributed by atoms with E-state index in [4.69, 9.17) is 4.74 Å². The maximum atomic E-state index is 11.8. The zero-order chi connectivity index (χ0) is 14.6. The first kappa shape index (κ1) is 15.7. The lowest BCUT2D eigenvalue weighted by molar-refractivity contribution is -0.492. The Morgan fingerprint density at radius 1 is 1.47 bits per heavy atom. The van der Waals surface area contributed by atoms with Crippen LogP contribution in [0.2, 0.25) is 0 Å². The van der Waals surface area contributed by atoms with Gasteiger partial charge in [-0.2, -0.15) is 0 Å². The number of ether oxygens (including phenoxy) is 1. The van der Waals surface area contributed by atoms with Gasteiger partial charge in [-0.25, -0.2) is 4.79 Å². The highest BCUT2D eigenvalue weighted by atomic mass is 16.6. The summed E-state index contributed by atoms with van der Waals surface area (Å²) in [5.41, 5.74) is -0.529. The fourth-order valence-corrected chi connectivity index (χ4v) is 2.10. The predicted molar refractivity (Wildman–Crippen MR) is 68.4 cm³/mol. The molecular formula is C12H22N2O5. The molecule has 1 heterocycles. The van der Waals surface area contributed by atoms with E-state index in [1.165, 1.54) is 0 Å². The van der Waals surface area contributed by atoms with Crippen molar-refractivity contribution < 1.29 is 19.6 Å². The number of hydrogen-bond acceptors (Lipinski definition) is 5. The van der Waals surface area contributed by atoms with E-state index < -0.39 is 23.2 Å². The molecule has 0 radical (unpaired) electrons. The molecule has 0 aromatic carbocycles. The highest BCUT2D eigenvalue weighted by molar-refractivity contribution is 5.68. The van der Waals surface area contributed by atoms with Gasteiger partial charge in [-0.05, 0) is 39.5 Å². The summed E-state index contributed by atoms with van der Waals surface area (Å²) in [5, 5.41) is 20.0. The molecule has 110 valence electrons. The van der Waals surface area contributed by atoms with Crippen molar-refractivity contribution in [2.24, 2.45) is 5.92 Å². The largest absolute Gasteiger partial charge is 0.444 e. The number of likely N-dealkylation sites (tertiary alicyclic amines) is 1. The molecule has 1 saturated heterocycles. The summed E-state index contributed by atoms with van der Waals surface area (Å²) in [5.74, 6) is -0.121. The van der Waals surface area contributed by atoms with Gasteiger partial charge in [-0.15, -0.1) is 0 Å². The molecule has 0 spiro atoms. The second kappa shape index (κ2) is 6.18. The van der Waals surface area contributed by atoms with E-state index in [0.29, 0.717) is 25.9 Å². The average molecular weight is 274 g/mol. The first-order chi connectivity index (χ1) is 8.69. The summed E-state index contributed by atoms with van der Waals surface area (Å²) < 4.78 is 5.25. The molecule has 0 bridgehead atoms. The van der Waals surface area contributed by atoms with Gasteiger partial charge in [0.2, 0.25) is 6.54 Å². The number of aliphatic hydroxyl groups is 1. The van der Waals surface area contributed by atoms with Crippen LogP contribution in [0.15, 0.2) is 0 Å². The van der Waals surface area contributed by atoms with Crippen LogP contribution in [0.4, 0.5) is 4.79 Å². The Kier molecular flexibility index (Phi) is 5.11. The van der Waals surface area contributed by atoms with E-state index in [9.17, 15) is 20.0 Å². The van der Waals surface area contributed by atoms with Crippen molar-refractivity contribution in [3.63, 3.8) is 0 Å². The standard InChI is InChI=1S/C12H22N2O5/c1-12(2,3)19-11(16)13-6-4-9(5-7-13)10(15)8-14(17)18/h9-10,15H,4-8H2,1-3H3/t10-/m1/s1. The fraction of sp³-hybridized carbons (Fsp3) is 0.917. The maximum absolute atomic E-state index is 11.8. The summed E-state index contributed by atoms with van der Waals surface area (Å²) in [6.45, 7) is 5.91. The lowest BCUT2D eigenvalue weighted by Crippen LogP contribution is -2.44. The molecule has 0 aliphatic carbocycles. The topological polar surface area (TPSA) is 92.9 Å². The Balaban J connectivity index is 2.40. The quantitative estimate of drug-likeness (QED) is 0.618. The van der Waals surface area contributed by atoms with Gasteiger partial charge in [0, 0.05) is 18.0 Å². The minimum absolute atomic E-state index is 0.121. The molecule has 0 aromatic rings. The SMILES string of the molecule is CC(C)(C)OC(=O)N1CCC([C@H](O)C[N+](=O)[O-])CC1. The predicted octanol–water partition coefficient (Wildman–Crippen LogP) is 1.27. The Bertz CT molecular complexity index is 332. The molecule has 1 fully saturated rings. The van der Waals surface area contributed by atoms with Crippen molar-refractivity contribution >= 4 is 6.09 Å². The fourth-order valence-electron chi connectivity index (χ4n) is 2.10. The Labute approximate surface area is 112 Å². The number of nitrogens with zero attached hydrogens (tertiary/aromatic N) is 2. The van der Waals surface area contributed by atoms with Crippen LogP contribution >= 0.6 is 0 Å². The second-order valence-electron chi connectivity index (χ2n) is 5.89. The van der Waals surface area contributed by atoms with Crippen molar-refractivity contribution in [1.82, 2.24) is 4.90 Å². The minimum Gasteiger partial charge on any atom is -0.444 e. The number of piperidine rings is 1. The summed E-state index contributed by atoms with van der Waals surface area (Å²) in [7, 11) is 0. The highest BCUT2D eigenvalue weighted by Crippen LogP contribution is 2.22. The Morgan fingerprint density at radius 3 is 2.42 bits per heavy atom. The third kappa shape index (κ3) is 5.42. The summed E-state index contributed by atoms with van der Waals surface area (Å²) in [6.07, 6.45) is -0.173. The molecule has 1 rings (SSSR count). The van der Waals surface area contributed by atoms with E-state index in [0.717, 1.165) is 0 Å². The van der Waals surface area contributed by atoms with Crippen molar-refractivity contribution in [2.45, 2.75) is 45.3 Å². The lowest BCUT2D eigenvalue weighted by Gasteiger charge is -2.34. The van der Waals surface area contributed by atoms with E-state index in [-0.39, 0.29) is 12.0 Å². The summed E-state index contributed by atoms with van der Waals surface area (Å²) in [4.78, 5) is 23.2. The number of aliphatic hydroxyl groups excluding tert-OH is 1. The van der Waals surface area contributed by atoms with Gasteiger partial charge in [0.25, 0.3) is 0 Å². The van der Waals surface area contributed by atoms with Crippen LogP contribution in [0.1, 0.15) is 33.6 Å². The molecule has 1 atom stereocenters. The van der Waals surface area contributed by atoms with Crippen LogP contribution in [-0.4, -0.2) is 52.4 Å². The van der Waals surface area contributed by atoms with Crippen LogP contribution in [0, 0.1) is 16.0 Å². The molecule has 1 N–H and O–H groups in total. The lowest BCUT2D eigenvalue weighted by atomic mass is 9.91. The van der Waals surface area contributed by atoms with E-state index >= 15 is 0 Å². The smallest absolute Gasteiger partial charge is 0.410 e. The van der Waals surface area contributed by atoms with Crippen LogP contribution in [0.3, 0.4) is 0 Å². The molecule has 0 saturated carbocycles. The van der Waals surface area contributed by atoms with E-state index in [1.807, 2.05) is 0 Å². The third-order valence-corrected chi connectivity index (χ3v) is 3.07. The summed E-state index contributed by atoms with van der Waals surface area (Å²) >= 11 is 0. The average Bonchev–Trinajstić information content (AvgIpc) is 2.26. The molecular weight excluding hydrogens is 252 g/mol. The minimum atomic E-state index is -0.934. The van der Waals surface area contributed by atoms with Crippen LogP contribution in [-0.2, 0) is 4.74 Å². The van der Waals surface area contributed by atoms with Crippen molar-refractivity contribution in [3.8, 4) is 0 Å². The molecule has 0 aromatic heterocycles. The van der Waals surface area contributed by atoms with E-state index in [2.05, 4.69) is 0 Å². The van der Waals surface area contributed by atoms with Crippen molar-refractivity contribution in [2.75, 3.05) is 19.6 Å². The van der Waals surface area contributed by atoms with Crippen molar-refractivity contribution in [1.29, 1.82) is 0 Å². The second-order valence-corrected chi connectivity index (χ2v) is 5.89. The normalized spacial score (nSPS) is 19.1. The monoisotopic (exact) mass is 274 g/mol. The maximum Gasteiger partial charge on any atom is 0.410 e. The van der Waals surface area contributed by atoms with Crippen LogP contribution in [0.5, 0.6) is 0 Å².